The van der Waals surface area contributed by atoms with Crippen LogP contribution in [-0.2, 0) is 10.2 Å². The first-order valence-electron chi connectivity index (χ1n) is 9.31. The van der Waals surface area contributed by atoms with Gasteiger partial charge in [0.15, 0.2) is 0 Å². The van der Waals surface area contributed by atoms with Crippen molar-refractivity contribution in [2.75, 3.05) is 19.8 Å². The van der Waals surface area contributed by atoms with Gasteiger partial charge < -0.3 is 15.0 Å². The Kier molecular flexibility index (Phi) is 5.20. The van der Waals surface area contributed by atoms with Crippen LogP contribution >= 0.6 is 11.6 Å². The zero-order valence-corrected chi connectivity index (χ0v) is 16.1. The quantitative estimate of drug-likeness (QED) is 0.707. The highest BCUT2D eigenvalue weighted by molar-refractivity contribution is 6.30. The lowest BCUT2D eigenvalue weighted by molar-refractivity contribution is 0.0487. The summed E-state index contributed by atoms with van der Waals surface area (Å²) in [5, 5.41) is 4.48. The van der Waals surface area contributed by atoms with Gasteiger partial charge in [-0.15, -0.1) is 0 Å². The molecule has 2 heterocycles. The fraction of sp³-hybridized carbons (Fsp3) is 0.273. The summed E-state index contributed by atoms with van der Waals surface area (Å²) in [5.41, 5.74) is 1.67. The average molecular weight is 397 g/mol. The van der Waals surface area contributed by atoms with E-state index in [-0.39, 0.29) is 16.9 Å². The van der Waals surface area contributed by atoms with Crippen LogP contribution < -0.4 is 10.9 Å². The van der Waals surface area contributed by atoms with Crippen LogP contribution in [0.3, 0.4) is 0 Å². The first kappa shape index (κ1) is 18.7. The average Bonchev–Trinajstić information content (AvgIpc) is 2.72. The van der Waals surface area contributed by atoms with Crippen molar-refractivity contribution in [1.29, 1.82) is 0 Å². The van der Waals surface area contributed by atoms with E-state index in [2.05, 4.69) is 10.3 Å². The van der Waals surface area contributed by atoms with E-state index in [4.69, 9.17) is 16.3 Å². The lowest BCUT2D eigenvalue weighted by Crippen LogP contribution is -2.44. The second-order valence-corrected chi connectivity index (χ2v) is 7.61. The van der Waals surface area contributed by atoms with Crippen molar-refractivity contribution in [3.63, 3.8) is 0 Å². The summed E-state index contributed by atoms with van der Waals surface area (Å²) in [4.78, 5) is 27.7. The summed E-state index contributed by atoms with van der Waals surface area (Å²) in [7, 11) is 0. The van der Waals surface area contributed by atoms with E-state index in [1.807, 2.05) is 42.5 Å². The first-order chi connectivity index (χ1) is 13.6. The molecule has 0 bridgehead atoms. The number of carbonyl (C=O) groups excluding carboxylic acids is 1. The monoisotopic (exact) mass is 396 g/mol. The number of pyridine rings is 1. The van der Waals surface area contributed by atoms with Crippen LogP contribution in [-0.4, -0.2) is 30.6 Å². The van der Waals surface area contributed by atoms with Crippen molar-refractivity contribution < 1.29 is 9.53 Å². The number of H-pyrrole nitrogens is 1. The van der Waals surface area contributed by atoms with Gasteiger partial charge in [0.1, 0.15) is 0 Å². The molecule has 28 heavy (non-hydrogen) atoms. The molecule has 6 heteroatoms. The maximum absolute atomic E-state index is 13.0. The summed E-state index contributed by atoms with van der Waals surface area (Å²) in [5.74, 6) is -0.248. The largest absolute Gasteiger partial charge is 0.381 e. The van der Waals surface area contributed by atoms with Crippen molar-refractivity contribution in [2.24, 2.45) is 0 Å². The molecule has 0 atom stereocenters. The minimum absolute atomic E-state index is 0.213. The van der Waals surface area contributed by atoms with Crippen LogP contribution in [0, 0.1) is 0 Å². The molecular weight excluding hydrogens is 376 g/mol. The summed E-state index contributed by atoms with van der Waals surface area (Å²) in [6.07, 6.45) is 1.62. The second kappa shape index (κ2) is 7.78. The Morgan fingerprint density at radius 1 is 1.11 bits per heavy atom. The van der Waals surface area contributed by atoms with E-state index in [0.29, 0.717) is 35.9 Å². The third-order valence-electron chi connectivity index (χ3n) is 5.49. The van der Waals surface area contributed by atoms with Crippen LogP contribution in [0.15, 0.2) is 59.4 Å². The Balaban J connectivity index is 1.62. The summed E-state index contributed by atoms with van der Waals surface area (Å²) < 4.78 is 5.55. The number of amides is 1. The Labute approximate surface area is 167 Å². The van der Waals surface area contributed by atoms with Gasteiger partial charge in [-0.2, -0.15) is 0 Å². The summed E-state index contributed by atoms with van der Waals surface area (Å²) >= 11 is 6.05. The summed E-state index contributed by atoms with van der Waals surface area (Å²) in [6, 6.07) is 16.5. The maximum Gasteiger partial charge on any atom is 0.252 e. The van der Waals surface area contributed by atoms with Gasteiger partial charge in [0.05, 0.1) is 5.56 Å². The van der Waals surface area contributed by atoms with Gasteiger partial charge >= 0.3 is 0 Å². The number of nitrogens with one attached hydrogen (secondary N) is 2. The number of ether oxygens (including phenoxy) is 1. The van der Waals surface area contributed by atoms with Crippen molar-refractivity contribution in [1.82, 2.24) is 10.3 Å². The standard InChI is InChI=1S/C22H21ClN2O3/c23-16-7-5-15(6-8-16)22(9-11-28-12-10-22)14-24-21(27)18-13-20(26)25-19-4-2-1-3-17(18)19/h1-8,13H,9-12,14H2,(H,24,27)(H,25,26). The van der Waals surface area contributed by atoms with Gasteiger partial charge in [-0.1, -0.05) is 41.9 Å². The van der Waals surface area contributed by atoms with Crippen molar-refractivity contribution in [2.45, 2.75) is 18.3 Å². The minimum Gasteiger partial charge on any atom is -0.381 e. The third kappa shape index (κ3) is 3.68. The number of halogens is 1. The number of aromatic nitrogens is 1. The van der Waals surface area contributed by atoms with Crippen molar-refractivity contribution >= 4 is 28.4 Å². The molecule has 1 aromatic heterocycles. The molecule has 1 aliphatic heterocycles. The number of aromatic amines is 1. The van der Waals surface area contributed by atoms with E-state index in [9.17, 15) is 9.59 Å². The minimum atomic E-state index is -0.290. The first-order valence-corrected chi connectivity index (χ1v) is 9.69. The molecule has 2 aromatic carbocycles. The SMILES string of the molecule is O=C(NCC1(c2ccc(Cl)cc2)CCOCC1)c1cc(=O)[nH]c2ccccc12. The van der Waals surface area contributed by atoms with E-state index in [0.717, 1.165) is 23.8 Å². The fourth-order valence-corrected chi connectivity index (χ4v) is 4.00. The normalized spacial score (nSPS) is 16.0. The van der Waals surface area contributed by atoms with Gasteiger partial charge in [-0.3, -0.25) is 9.59 Å². The molecule has 1 fully saturated rings. The molecule has 0 aliphatic carbocycles. The highest BCUT2D eigenvalue weighted by atomic mass is 35.5. The van der Waals surface area contributed by atoms with Crippen molar-refractivity contribution in [3.8, 4) is 0 Å². The van der Waals surface area contributed by atoms with Crippen LogP contribution in [0.2, 0.25) is 5.02 Å². The fourth-order valence-electron chi connectivity index (χ4n) is 3.87. The molecule has 0 spiro atoms. The third-order valence-corrected chi connectivity index (χ3v) is 5.74. The predicted molar refractivity (Wildman–Crippen MR) is 110 cm³/mol. The molecule has 144 valence electrons. The Hall–Kier alpha value is -2.63. The van der Waals surface area contributed by atoms with Gasteiger partial charge in [-0.25, -0.2) is 0 Å². The number of carbonyl (C=O) groups is 1. The molecular formula is C22H21ClN2O3. The number of hydrogen-bond donors (Lipinski definition) is 2. The number of benzene rings is 2. The van der Waals surface area contributed by atoms with Crippen LogP contribution in [0.5, 0.6) is 0 Å². The van der Waals surface area contributed by atoms with Crippen molar-refractivity contribution in [3.05, 3.63) is 81.1 Å². The Bertz CT molecular complexity index is 1050. The molecule has 1 aliphatic rings. The lowest BCUT2D eigenvalue weighted by atomic mass is 9.74. The topological polar surface area (TPSA) is 71.2 Å². The molecule has 2 N–H and O–H groups in total. The number of para-hydroxylation sites is 1. The highest BCUT2D eigenvalue weighted by Crippen LogP contribution is 2.35. The smallest absolute Gasteiger partial charge is 0.252 e. The van der Waals surface area contributed by atoms with Crippen LogP contribution in [0.4, 0.5) is 0 Å². The molecule has 3 aromatic rings. The number of fused-ring (bicyclic) bond motifs is 1. The van der Waals surface area contributed by atoms with E-state index in [1.165, 1.54) is 6.07 Å². The van der Waals surface area contributed by atoms with Crippen LogP contribution in [0.1, 0.15) is 28.8 Å². The van der Waals surface area contributed by atoms with Gasteiger partial charge in [0, 0.05) is 47.2 Å². The molecule has 0 radical (unpaired) electrons. The highest BCUT2D eigenvalue weighted by Gasteiger charge is 2.35. The van der Waals surface area contributed by atoms with E-state index in [1.54, 1.807) is 6.07 Å². The number of rotatable bonds is 4. The predicted octanol–water partition coefficient (Wildman–Crippen LogP) is 3.66. The second-order valence-electron chi connectivity index (χ2n) is 7.18. The zero-order chi connectivity index (χ0) is 19.6. The molecule has 4 rings (SSSR count). The zero-order valence-electron chi connectivity index (χ0n) is 15.3. The summed E-state index contributed by atoms with van der Waals surface area (Å²) in [6.45, 7) is 1.76. The van der Waals surface area contributed by atoms with Gasteiger partial charge in [-0.05, 0) is 36.6 Å². The van der Waals surface area contributed by atoms with Gasteiger partial charge in [0.2, 0.25) is 5.56 Å². The lowest BCUT2D eigenvalue weighted by Gasteiger charge is -2.38. The van der Waals surface area contributed by atoms with E-state index < -0.39 is 0 Å². The Morgan fingerprint density at radius 2 is 1.82 bits per heavy atom. The number of hydrogen-bond acceptors (Lipinski definition) is 3. The molecule has 0 saturated carbocycles. The van der Waals surface area contributed by atoms with Gasteiger partial charge in [0.25, 0.3) is 5.91 Å². The molecule has 1 amide bonds. The van der Waals surface area contributed by atoms with E-state index >= 15 is 0 Å². The molecule has 5 nitrogen and oxygen atoms in total. The van der Waals surface area contributed by atoms with Crippen LogP contribution in [0.25, 0.3) is 10.9 Å². The molecule has 0 unspecified atom stereocenters. The molecule has 1 saturated heterocycles. The maximum atomic E-state index is 13.0. The Morgan fingerprint density at radius 3 is 2.57 bits per heavy atom.